The molecule has 27 heavy (non-hydrogen) atoms. The molecule has 7 heteroatoms. The molecule has 0 radical (unpaired) electrons. The van der Waals surface area contributed by atoms with Crippen molar-refractivity contribution in [1.82, 2.24) is 4.90 Å². The van der Waals surface area contributed by atoms with Crippen molar-refractivity contribution in [1.29, 1.82) is 0 Å². The molecule has 2 rings (SSSR count). The van der Waals surface area contributed by atoms with Gasteiger partial charge in [0.25, 0.3) is 5.91 Å². The van der Waals surface area contributed by atoms with Crippen LogP contribution >= 0.6 is 0 Å². The summed E-state index contributed by atoms with van der Waals surface area (Å²) >= 11 is 0. The summed E-state index contributed by atoms with van der Waals surface area (Å²) in [5.74, 6) is -0.892. The Balaban J connectivity index is 1.94. The summed E-state index contributed by atoms with van der Waals surface area (Å²) in [6, 6.07) is 7.18. The molecular formula is C20H27NO5S. The van der Waals surface area contributed by atoms with E-state index >= 15 is 0 Å². The van der Waals surface area contributed by atoms with Crippen molar-refractivity contribution in [2.45, 2.75) is 45.7 Å². The number of nitrogens with zero attached hydrogens (tertiary/aromatic N) is 1. The van der Waals surface area contributed by atoms with Crippen LogP contribution in [0, 0.1) is 6.92 Å². The Morgan fingerprint density at radius 3 is 2.52 bits per heavy atom. The minimum absolute atomic E-state index is 0.0235. The fraction of sp³-hybridized carbons (Fsp3) is 0.500. The molecule has 0 unspecified atom stereocenters. The Morgan fingerprint density at radius 2 is 1.96 bits per heavy atom. The number of hydrogen-bond acceptors (Lipinski definition) is 5. The molecule has 0 saturated carbocycles. The first-order valence-electron chi connectivity index (χ1n) is 9.15. The monoisotopic (exact) mass is 393 g/mol. The van der Waals surface area contributed by atoms with Crippen LogP contribution in [-0.2, 0) is 24.2 Å². The quantitative estimate of drug-likeness (QED) is 0.525. The second kappa shape index (κ2) is 9.17. The Hall–Kier alpha value is -2.15. The third-order valence-electron chi connectivity index (χ3n) is 4.78. The molecule has 1 fully saturated rings. The van der Waals surface area contributed by atoms with Crippen LogP contribution in [0.4, 0.5) is 0 Å². The highest BCUT2D eigenvalue weighted by Gasteiger charge is 2.36. The highest BCUT2D eigenvalue weighted by Crippen LogP contribution is 2.21. The normalized spacial score (nSPS) is 19.7. The first-order chi connectivity index (χ1) is 12.7. The van der Waals surface area contributed by atoms with E-state index in [2.05, 4.69) is 0 Å². The molecule has 1 aliphatic rings. The van der Waals surface area contributed by atoms with Gasteiger partial charge in [0.1, 0.15) is 0 Å². The largest absolute Gasteiger partial charge is 0.452 e. The summed E-state index contributed by atoms with van der Waals surface area (Å²) in [7, 11) is -3.10. The molecule has 1 saturated heterocycles. The van der Waals surface area contributed by atoms with E-state index in [1.165, 1.54) is 6.08 Å². The molecule has 1 heterocycles. The molecular weight excluding hydrogens is 366 g/mol. The van der Waals surface area contributed by atoms with Gasteiger partial charge in [-0.15, -0.1) is 0 Å². The molecule has 0 bridgehead atoms. The van der Waals surface area contributed by atoms with Crippen molar-refractivity contribution in [3.63, 3.8) is 0 Å². The van der Waals surface area contributed by atoms with Crippen molar-refractivity contribution < 1.29 is 22.7 Å². The molecule has 0 spiro atoms. The van der Waals surface area contributed by atoms with Gasteiger partial charge in [-0.3, -0.25) is 4.79 Å². The fourth-order valence-corrected chi connectivity index (χ4v) is 4.81. The molecule has 0 aromatic heterocycles. The molecule has 6 nitrogen and oxygen atoms in total. The highest BCUT2D eigenvalue weighted by atomic mass is 32.2. The SMILES string of the molecule is CC[C@H](C)N(C(=O)COC(=O)/C=C/c1ccc(C)cc1)[C@H]1CCS(=O)(=O)C1. The number of sulfone groups is 1. The van der Waals surface area contributed by atoms with Crippen LogP contribution in [-0.4, -0.2) is 55.4 Å². The molecule has 148 valence electrons. The van der Waals surface area contributed by atoms with Gasteiger partial charge in [-0.05, 0) is 38.3 Å². The Bertz CT molecular complexity index is 798. The van der Waals surface area contributed by atoms with Gasteiger partial charge in [0.2, 0.25) is 0 Å². The maximum atomic E-state index is 12.6. The van der Waals surface area contributed by atoms with Crippen molar-refractivity contribution in [3.8, 4) is 0 Å². The average molecular weight is 394 g/mol. The number of amides is 1. The van der Waals surface area contributed by atoms with Gasteiger partial charge in [-0.1, -0.05) is 36.8 Å². The minimum Gasteiger partial charge on any atom is -0.452 e. The number of benzene rings is 1. The zero-order chi connectivity index (χ0) is 20.0. The predicted molar refractivity (Wildman–Crippen MR) is 105 cm³/mol. The van der Waals surface area contributed by atoms with Crippen molar-refractivity contribution in [2.24, 2.45) is 0 Å². The van der Waals surface area contributed by atoms with Gasteiger partial charge >= 0.3 is 5.97 Å². The summed E-state index contributed by atoms with van der Waals surface area (Å²) in [5.41, 5.74) is 1.99. The van der Waals surface area contributed by atoms with Crippen LogP contribution in [0.15, 0.2) is 30.3 Å². The number of carbonyl (C=O) groups excluding carboxylic acids is 2. The third kappa shape index (κ3) is 6.20. The van der Waals surface area contributed by atoms with Gasteiger partial charge in [-0.25, -0.2) is 13.2 Å². The molecule has 1 aliphatic heterocycles. The van der Waals surface area contributed by atoms with Crippen LogP contribution in [0.1, 0.15) is 37.8 Å². The predicted octanol–water partition coefficient (Wildman–Crippen LogP) is 2.37. The zero-order valence-corrected chi connectivity index (χ0v) is 16.9. The topological polar surface area (TPSA) is 80.8 Å². The van der Waals surface area contributed by atoms with E-state index in [1.54, 1.807) is 11.0 Å². The zero-order valence-electron chi connectivity index (χ0n) is 16.1. The minimum atomic E-state index is -3.10. The number of esters is 1. The number of rotatable bonds is 7. The van der Waals surface area contributed by atoms with Gasteiger partial charge < -0.3 is 9.64 Å². The van der Waals surface area contributed by atoms with Gasteiger partial charge in [-0.2, -0.15) is 0 Å². The molecule has 1 aromatic rings. The maximum absolute atomic E-state index is 12.6. The standard InChI is InChI=1S/C20H27NO5S/c1-4-16(3)21(18-11-12-27(24,25)14-18)19(22)13-26-20(23)10-9-17-7-5-15(2)6-8-17/h5-10,16,18H,4,11-14H2,1-3H3/b10-9+/t16-,18-/m0/s1. The lowest BCUT2D eigenvalue weighted by atomic mass is 10.1. The highest BCUT2D eigenvalue weighted by molar-refractivity contribution is 7.91. The summed E-state index contributed by atoms with van der Waals surface area (Å²) in [6.45, 7) is 5.40. The van der Waals surface area contributed by atoms with Gasteiger partial charge in [0.15, 0.2) is 16.4 Å². The number of hydrogen-bond donors (Lipinski definition) is 0. The van der Waals surface area contributed by atoms with E-state index in [9.17, 15) is 18.0 Å². The lowest BCUT2D eigenvalue weighted by Crippen LogP contribution is -2.48. The lowest BCUT2D eigenvalue weighted by Gasteiger charge is -2.33. The number of aryl methyl sites for hydroxylation is 1. The fourth-order valence-electron chi connectivity index (χ4n) is 3.10. The number of ether oxygens (including phenoxy) is 1. The van der Waals surface area contributed by atoms with Gasteiger partial charge in [0.05, 0.1) is 11.5 Å². The smallest absolute Gasteiger partial charge is 0.331 e. The van der Waals surface area contributed by atoms with Crippen molar-refractivity contribution >= 4 is 27.8 Å². The van der Waals surface area contributed by atoms with E-state index in [0.717, 1.165) is 11.1 Å². The van der Waals surface area contributed by atoms with E-state index in [0.29, 0.717) is 12.8 Å². The second-order valence-corrected chi connectivity index (χ2v) is 9.20. The van der Waals surface area contributed by atoms with Crippen LogP contribution in [0.2, 0.25) is 0 Å². The van der Waals surface area contributed by atoms with Crippen LogP contribution < -0.4 is 0 Å². The Morgan fingerprint density at radius 1 is 1.30 bits per heavy atom. The summed E-state index contributed by atoms with van der Waals surface area (Å²) in [4.78, 5) is 26.1. The molecule has 0 N–H and O–H groups in total. The van der Waals surface area contributed by atoms with E-state index in [1.807, 2.05) is 45.0 Å². The summed E-state index contributed by atoms with van der Waals surface area (Å²) in [5, 5.41) is 0. The summed E-state index contributed by atoms with van der Waals surface area (Å²) < 4.78 is 28.6. The Labute approximate surface area is 161 Å². The second-order valence-electron chi connectivity index (χ2n) is 6.97. The van der Waals surface area contributed by atoms with E-state index < -0.39 is 22.4 Å². The van der Waals surface area contributed by atoms with Crippen LogP contribution in [0.25, 0.3) is 6.08 Å². The molecule has 2 atom stereocenters. The van der Waals surface area contributed by atoms with E-state index in [4.69, 9.17) is 4.74 Å². The summed E-state index contributed by atoms with van der Waals surface area (Å²) in [6.07, 6.45) is 4.04. The molecule has 1 amide bonds. The lowest BCUT2D eigenvalue weighted by molar-refractivity contribution is -0.150. The molecule has 0 aliphatic carbocycles. The number of carbonyl (C=O) groups is 2. The Kier molecular flexibility index (Phi) is 7.18. The first-order valence-corrected chi connectivity index (χ1v) is 11.0. The van der Waals surface area contributed by atoms with Gasteiger partial charge in [0, 0.05) is 18.2 Å². The van der Waals surface area contributed by atoms with E-state index in [-0.39, 0.29) is 29.5 Å². The average Bonchev–Trinajstić information content (AvgIpc) is 2.98. The van der Waals surface area contributed by atoms with Crippen LogP contribution in [0.3, 0.4) is 0 Å². The third-order valence-corrected chi connectivity index (χ3v) is 6.53. The maximum Gasteiger partial charge on any atom is 0.331 e. The van der Waals surface area contributed by atoms with Crippen molar-refractivity contribution in [3.05, 3.63) is 41.5 Å². The molecule has 1 aromatic carbocycles. The van der Waals surface area contributed by atoms with Crippen molar-refractivity contribution in [2.75, 3.05) is 18.1 Å². The first kappa shape index (κ1) is 21.2. The van der Waals surface area contributed by atoms with Crippen LogP contribution in [0.5, 0.6) is 0 Å².